The van der Waals surface area contributed by atoms with Gasteiger partial charge in [0, 0.05) is 36.3 Å². The number of amides is 1. The molecule has 2 aliphatic rings. The number of benzene rings is 2. The minimum atomic E-state index is -2.76. The van der Waals surface area contributed by atoms with Crippen LogP contribution in [0.3, 0.4) is 0 Å². The second-order valence-corrected chi connectivity index (χ2v) is 7.92. The molecule has 0 atom stereocenters. The minimum absolute atomic E-state index is 0.00744. The summed E-state index contributed by atoms with van der Waals surface area (Å²) in [6.07, 6.45) is 0.478. The van der Waals surface area contributed by atoms with Crippen LogP contribution >= 0.6 is 0 Å². The number of hydrogen-bond donors (Lipinski definition) is 0. The van der Waals surface area contributed by atoms with Crippen LogP contribution < -0.4 is 26.2 Å². The van der Waals surface area contributed by atoms with Crippen molar-refractivity contribution >= 4 is 51.5 Å². The molecule has 150 valence electrons. The topological polar surface area (TPSA) is 55.3 Å². The number of rotatable bonds is 1. The number of ether oxygens (including phenoxy) is 1. The summed E-state index contributed by atoms with van der Waals surface area (Å²) in [4.78, 5) is 23.4. The van der Waals surface area contributed by atoms with Crippen LogP contribution in [0.2, 0.25) is 0 Å². The number of carbonyl (C=O) groups is 1. The maximum Gasteiger partial charge on any atom is 0.424 e. The quantitative estimate of drug-likeness (QED) is 0.451. The van der Waals surface area contributed by atoms with Gasteiger partial charge in [-0.1, -0.05) is 53.0 Å². The van der Waals surface area contributed by atoms with Gasteiger partial charge in [0.05, 0.1) is 17.3 Å². The summed E-state index contributed by atoms with van der Waals surface area (Å²) in [7, 11) is 0. The van der Waals surface area contributed by atoms with Gasteiger partial charge in [0.25, 0.3) is 6.71 Å². The monoisotopic (exact) mass is 411 g/mol. The maximum atomic E-state index is 13.3. The van der Waals surface area contributed by atoms with E-state index < -0.39 is 32.2 Å². The second kappa shape index (κ2) is 6.17. The molecule has 0 bridgehead atoms. The van der Waals surface area contributed by atoms with Crippen LogP contribution in [0.25, 0.3) is 10.8 Å². The predicted molar refractivity (Wildman–Crippen MR) is 124 cm³/mol. The highest BCUT2D eigenvalue weighted by Crippen LogP contribution is 2.43. The van der Waals surface area contributed by atoms with Crippen LogP contribution in [0.4, 0.5) is 16.2 Å². The lowest BCUT2D eigenvalue weighted by Gasteiger charge is -2.38. The average molecular weight is 411 g/mol. The zero-order chi connectivity index (χ0) is 26.4. The molecule has 0 unspecified atom stereocenters. The van der Waals surface area contributed by atoms with Crippen LogP contribution in [0.5, 0.6) is 5.75 Å². The average Bonchev–Trinajstić information content (AvgIpc) is 2.81. The first-order valence-electron chi connectivity index (χ1n) is 12.9. The first-order valence-corrected chi connectivity index (χ1v) is 9.94. The third kappa shape index (κ3) is 2.30. The molecule has 0 spiro atoms. The molecule has 2 aromatic heterocycles. The molecule has 0 saturated heterocycles. The van der Waals surface area contributed by atoms with Crippen molar-refractivity contribution in [2.45, 2.75) is 27.6 Å². The maximum absolute atomic E-state index is 13.3. The number of aryl methyl sites for hydroxylation is 4. The molecule has 0 aliphatic carbocycles. The van der Waals surface area contributed by atoms with Gasteiger partial charge in [-0.05, 0) is 39.1 Å². The van der Waals surface area contributed by atoms with Gasteiger partial charge in [-0.3, -0.25) is 9.97 Å². The fourth-order valence-electron chi connectivity index (χ4n) is 4.93. The van der Waals surface area contributed by atoms with Gasteiger partial charge in [0.1, 0.15) is 0 Å². The molecule has 2 aliphatic heterocycles. The Morgan fingerprint density at radius 2 is 1.77 bits per heavy atom. The van der Waals surface area contributed by atoms with Crippen LogP contribution in [-0.2, 0) is 0 Å². The zero-order valence-corrected chi connectivity index (χ0v) is 16.9. The summed E-state index contributed by atoms with van der Waals surface area (Å²) in [6.45, 7) is -2.03. The number of aromatic nitrogens is 2. The lowest BCUT2D eigenvalue weighted by Crippen LogP contribution is -2.61. The van der Waals surface area contributed by atoms with Crippen molar-refractivity contribution < 1.29 is 17.8 Å². The lowest BCUT2D eigenvalue weighted by atomic mass is 9.35. The van der Waals surface area contributed by atoms with E-state index in [4.69, 9.17) is 13.0 Å². The molecule has 1 amide bonds. The Bertz CT molecular complexity index is 1630. The smallest absolute Gasteiger partial charge is 0.407 e. The Labute approximate surface area is 189 Å². The first kappa shape index (κ1) is 12.9. The standard InChI is InChI=1S/C25H20BN3O2/c1-13-8-7-9-14(2)22(13)26-17-10-5-6-11-18(17)29-23-21-19(31-25(29)30)12-27-15(3)20(21)16(4)28-24(23)26/h5-12H,1-4H3/i3D3,4D3. The van der Waals surface area contributed by atoms with E-state index in [1.165, 1.54) is 11.1 Å². The molecule has 6 heteroatoms. The molecule has 5 nitrogen and oxygen atoms in total. The highest BCUT2D eigenvalue weighted by Gasteiger charge is 2.44. The van der Waals surface area contributed by atoms with Crippen molar-refractivity contribution in [2.75, 3.05) is 4.90 Å². The normalized spacial score (nSPS) is 17.7. The fourth-order valence-corrected chi connectivity index (χ4v) is 4.93. The number of pyridine rings is 2. The zero-order valence-electron chi connectivity index (χ0n) is 22.9. The van der Waals surface area contributed by atoms with Gasteiger partial charge in [0.15, 0.2) is 5.75 Å². The van der Waals surface area contributed by atoms with E-state index in [0.29, 0.717) is 17.0 Å². The number of para-hydroxylation sites is 1. The van der Waals surface area contributed by atoms with Gasteiger partial charge in [-0.15, -0.1) is 0 Å². The van der Waals surface area contributed by atoms with E-state index >= 15 is 0 Å². The highest BCUT2D eigenvalue weighted by molar-refractivity contribution is 6.98. The number of hydrogen-bond acceptors (Lipinski definition) is 4. The lowest BCUT2D eigenvalue weighted by molar-refractivity contribution is 0.209. The molecular weight excluding hydrogens is 385 g/mol. The summed E-state index contributed by atoms with van der Waals surface area (Å²) >= 11 is 0. The van der Waals surface area contributed by atoms with Crippen molar-refractivity contribution in [2.24, 2.45) is 0 Å². The molecule has 0 N–H and O–H groups in total. The molecule has 0 saturated carbocycles. The number of nitrogens with zero attached hydrogens (tertiary/aromatic N) is 3. The number of carbonyl (C=O) groups excluding carboxylic acids is 1. The van der Waals surface area contributed by atoms with E-state index in [0.717, 1.165) is 22.1 Å². The first-order chi connectivity index (χ1) is 17.4. The van der Waals surface area contributed by atoms with Crippen molar-refractivity contribution in [1.29, 1.82) is 0 Å². The Morgan fingerprint density at radius 1 is 1.00 bits per heavy atom. The van der Waals surface area contributed by atoms with Crippen molar-refractivity contribution in [3.05, 3.63) is 71.2 Å². The predicted octanol–water partition coefficient (Wildman–Crippen LogP) is 3.34. The highest BCUT2D eigenvalue weighted by atomic mass is 16.6. The van der Waals surface area contributed by atoms with Gasteiger partial charge < -0.3 is 4.74 Å². The van der Waals surface area contributed by atoms with E-state index in [1.807, 2.05) is 44.2 Å². The molecule has 4 heterocycles. The summed E-state index contributed by atoms with van der Waals surface area (Å²) in [5, 5.41) is 0.0796. The second-order valence-electron chi connectivity index (χ2n) is 7.92. The van der Waals surface area contributed by atoms with Gasteiger partial charge in [-0.2, -0.15) is 0 Å². The van der Waals surface area contributed by atoms with Gasteiger partial charge in [0.2, 0.25) is 0 Å². The molecule has 0 fully saturated rings. The van der Waals surface area contributed by atoms with E-state index in [2.05, 4.69) is 9.97 Å². The third-order valence-electron chi connectivity index (χ3n) is 6.19. The molecule has 31 heavy (non-hydrogen) atoms. The molecule has 4 aromatic rings. The van der Waals surface area contributed by atoms with E-state index in [1.54, 1.807) is 12.1 Å². The van der Waals surface area contributed by atoms with E-state index in [-0.39, 0.29) is 22.2 Å². The Kier molecular flexibility index (Phi) is 2.57. The van der Waals surface area contributed by atoms with E-state index in [9.17, 15) is 4.79 Å². The fraction of sp³-hybridized carbons (Fsp3) is 0.160. The van der Waals surface area contributed by atoms with Crippen LogP contribution in [-0.4, -0.2) is 22.8 Å². The van der Waals surface area contributed by atoms with Crippen molar-refractivity contribution in [1.82, 2.24) is 9.97 Å². The minimum Gasteiger partial charge on any atom is -0.407 e. The summed E-state index contributed by atoms with van der Waals surface area (Å²) in [6, 6.07) is 13.2. The van der Waals surface area contributed by atoms with Gasteiger partial charge in [-0.25, -0.2) is 9.69 Å². The summed E-state index contributed by atoms with van der Waals surface area (Å²) in [5.74, 6) is 0.00744. The van der Waals surface area contributed by atoms with Crippen LogP contribution in [0.1, 0.15) is 30.7 Å². The number of fused-ring (bicyclic) bond motifs is 2. The van der Waals surface area contributed by atoms with Gasteiger partial charge >= 0.3 is 6.09 Å². The number of anilines is 2. The summed E-state index contributed by atoms with van der Waals surface area (Å²) in [5.41, 5.74) is 4.15. The molecular formula is C25H20BN3O2. The molecule has 6 rings (SSSR count). The summed E-state index contributed by atoms with van der Waals surface area (Å²) < 4.78 is 54.7. The Hall–Kier alpha value is -3.67. The van der Waals surface area contributed by atoms with Crippen molar-refractivity contribution in [3.63, 3.8) is 0 Å². The van der Waals surface area contributed by atoms with Crippen LogP contribution in [0.15, 0.2) is 48.7 Å². The van der Waals surface area contributed by atoms with Crippen molar-refractivity contribution in [3.8, 4) is 5.75 Å². The molecule has 2 aromatic carbocycles. The SMILES string of the molecule is [2H]C([2H])([2H])c1ncc2c3c4c(nc(C([2H])([2H])[2H])c13)B(c1c(C)cccc1C)c1ccccc1N4C(=O)O2. The molecule has 0 radical (unpaired) electrons. The Balaban J connectivity index is 1.86. The van der Waals surface area contributed by atoms with Crippen LogP contribution in [0, 0.1) is 27.6 Å². The third-order valence-corrected chi connectivity index (χ3v) is 6.19. The Morgan fingerprint density at radius 3 is 2.55 bits per heavy atom. The largest absolute Gasteiger partial charge is 0.424 e.